The van der Waals surface area contributed by atoms with Crippen molar-refractivity contribution >= 4 is 16.9 Å². The SMILES string of the molecule is COC(=O)[C@H]1CC[C@@H](N)CN(Cc2cc(=O)oc3c(C)cc(C)cc23)C1. The fourth-order valence-corrected chi connectivity index (χ4v) is 3.85. The molecule has 2 aromatic rings. The van der Waals surface area contributed by atoms with Crippen LogP contribution in [-0.2, 0) is 16.1 Å². The van der Waals surface area contributed by atoms with E-state index in [1.165, 1.54) is 7.11 Å². The fourth-order valence-electron chi connectivity index (χ4n) is 3.85. The van der Waals surface area contributed by atoms with E-state index in [0.717, 1.165) is 34.9 Å². The van der Waals surface area contributed by atoms with Crippen LogP contribution >= 0.6 is 0 Å². The Morgan fingerprint density at radius 1 is 1.27 bits per heavy atom. The molecule has 1 aliphatic rings. The average molecular weight is 358 g/mol. The number of aryl methyl sites for hydroxylation is 2. The van der Waals surface area contributed by atoms with Gasteiger partial charge in [-0.3, -0.25) is 9.69 Å². The number of benzene rings is 1. The van der Waals surface area contributed by atoms with Gasteiger partial charge < -0.3 is 14.9 Å². The number of esters is 1. The molecule has 2 N–H and O–H groups in total. The van der Waals surface area contributed by atoms with Crippen LogP contribution < -0.4 is 11.4 Å². The molecule has 140 valence electrons. The molecule has 26 heavy (non-hydrogen) atoms. The number of carbonyl (C=O) groups excluding carboxylic acids is 1. The normalized spacial score (nSPS) is 21.5. The first-order valence-corrected chi connectivity index (χ1v) is 8.97. The predicted molar refractivity (Wildman–Crippen MR) is 100.0 cm³/mol. The van der Waals surface area contributed by atoms with Crippen molar-refractivity contribution in [1.29, 1.82) is 0 Å². The second kappa shape index (κ2) is 7.60. The van der Waals surface area contributed by atoms with Crippen LogP contribution in [0.3, 0.4) is 0 Å². The topological polar surface area (TPSA) is 85.8 Å². The number of fused-ring (bicyclic) bond motifs is 1. The Kier molecular flexibility index (Phi) is 5.44. The number of hydrogen-bond acceptors (Lipinski definition) is 6. The van der Waals surface area contributed by atoms with E-state index in [-0.39, 0.29) is 23.6 Å². The molecule has 0 spiro atoms. The summed E-state index contributed by atoms with van der Waals surface area (Å²) in [4.78, 5) is 26.2. The lowest BCUT2D eigenvalue weighted by atomic mass is 10.0. The van der Waals surface area contributed by atoms with Crippen LogP contribution in [0, 0.1) is 19.8 Å². The van der Waals surface area contributed by atoms with Crippen molar-refractivity contribution in [2.75, 3.05) is 20.2 Å². The molecule has 1 aliphatic heterocycles. The van der Waals surface area contributed by atoms with Crippen LogP contribution in [0.2, 0.25) is 0 Å². The van der Waals surface area contributed by atoms with Gasteiger partial charge in [-0.25, -0.2) is 4.79 Å². The predicted octanol–water partition coefficient (Wildman–Crippen LogP) is 2.12. The summed E-state index contributed by atoms with van der Waals surface area (Å²) in [6, 6.07) is 5.59. The van der Waals surface area contributed by atoms with Crippen molar-refractivity contribution in [3.8, 4) is 0 Å². The molecule has 0 unspecified atom stereocenters. The van der Waals surface area contributed by atoms with E-state index in [9.17, 15) is 9.59 Å². The minimum absolute atomic E-state index is 0.000450. The lowest BCUT2D eigenvalue weighted by molar-refractivity contribution is -0.146. The standard InChI is InChI=1S/C20H26N2O4/c1-12-6-13(2)19-17(7-12)15(8-18(23)26-19)10-22-9-14(20(24)25-3)4-5-16(21)11-22/h6-8,14,16H,4-5,9-11,21H2,1-3H3/t14-,16+/m0/s1. The number of likely N-dealkylation sites (tertiary alicyclic amines) is 1. The summed E-state index contributed by atoms with van der Waals surface area (Å²) in [7, 11) is 1.42. The molecular weight excluding hydrogens is 332 g/mol. The summed E-state index contributed by atoms with van der Waals surface area (Å²) in [5.74, 6) is -0.392. The summed E-state index contributed by atoms with van der Waals surface area (Å²) >= 11 is 0. The van der Waals surface area contributed by atoms with Crippen molar-refractivity contribution in [2.24, 2.45) is 11.7 Å². The minimum atomic E-state index is -0.358. The fraction of sp³-hybridized carbons (Fsp3) is 0.500. The molecule has 1 fully saturated rings. The maximum Gasteiger partial charge on any atom is 0.336 e. The zero-order valence-corrected chi connectivity index (χ0v) is 15.6. The van der Waals surface area contributed by atoms with Crippen molar-refractivity contribution in [3.63, 3.8) is 0 Å². The van der Waals surface area contributed by atoms with Crippen molar-refractivity contribution in [1.82, 2.24) is 4.90 Å². The van der Waals surface area contributed by atoms with Gasteiger partial charge >= 0.3 is 11.6 Å². The molecule has 0 saturated carbocycles. The summed E-state index contributed by atoms with van der Waals surface area (Å²) in [5, 5.41) is 0.939. The van der Waals surface area contributed by atoms with E-state index in [1.54, 1.807) is 6.07 Å². The van der Waals surface area contributed by atoms with Gasteiger partial charge in [-0.2, -0.15) is 0 Å². The highest BCUT2D eigenvalue weighted by Gasteiger charge is 2.28. The molecule has 0 amide bonds. The molecule has 6 heteroatoms. The number of methoxy groups -OCH3 is 1. The van der Waals surface area contributed by atoms with Crippen molar-refractivity contribution in [2.45, 2.75) is 39.3 Å². The van der Waals surface area contributed by atoms with E-state index in [1.807, 2.05) is 26.0 Å². The molecule has 2 atom stereocenters. The maximum absolute atomic E-state index is 12.1. The third-order valence-electron chi connectivity index (χ3n) is 5.05. The first-order chi connectivity index (χ1) is 12.4. The van der Waals surface area contributed by atoms with Gasteiger partial charge in [0, 0.05) is 37.1 Å². The van der Waals surface area contributed by atoms with E-state index in [4.69, 9.17) is 14.9 Å². The van der Waals surface area contributed by atoms with Crippen LogP contribution in [0.1, 0.15) is 29.5 Å². The molecule has 2 heterocycles. The van der Waals surface area contributed by atoms with Gasteiger partial charge in [0.1, 0.15) is 5.58 Å². The molecule has 0 radical (unpaired) electrons. The molecular formula is C20H26N2O4. The van der Waals surface area contributed by atoms with E-state index in [0.29, 0.717) is 25.2 Å². The number of hydrogen-bond donors (Lipinski definition) is 1. The van der Waals surface area contributed by atoms with Gasteiger partial charge in [0.2, 0.25) is 0 Å². The van der Waals surface area contributed by atoms with Crippen LogP contribution in [0.25, 0.3) is 11.0 Å². The van der Waals surface area contributed by atoms with Crippen LogP contribution in [0.5, 0.6) is 0 Å². The summed E-state index contributed by atoms with van der Waals surface area (Å²) in [6.45, 7) is 5.77. The largest absolute Gasteiger partial charge is 0.469 e. The molecule has 1 aromatic heterocycles. The first kappa shape index (κ1) is 18.6. The number of nitrogens with zero attached hydrogens (tertiary/aromatic N) is 1. The quantitative estimate of drug-likeness (QED) is 0.668. The molecule has 0 bridgehead atoms. The second-order valence-corrected chi connectivity index (χ2v) is 7.30. The highest BCUT2D eigenvalue weighted by molar-refractivity contribution is 5.83. The van der Waals surface area contributed by atoms with Gasteiger partial charge in [-0.05, 0) is 49.4 Å². The highest BCUT2D eigenvalue weighted by Crippen LogP contribution is 2.25. The smallest absolute Gasteiger partial charge is 0.336 e. The van der Waals surface area contributed by atoms with E-state index < -0.39 is 0 Å². The van der Waals surface area contributed by atoms with Gasteiger partial charge in [-0.1, -0.05) is 6.07 Å². The number of ether oxygens (including phenoxy) is 1. The lowest BCUT2D eigenvalue weighted by Gasteiger charge is -2.25. The number of nitrogens with two attached hydrogens (primary N) is 1. The van der Waals surface area contributed by atoms with Gasteiger partial charge in [0.05, 0.1) is 13.0 Å². The Balaban J connectivity index is 1.96. The molecule has 6 nitrogen and oxygen atoms in total. The Morgan fingerprint density at radius 3 is 2.77 bits per heavy atom. The van der Waals surface area contributed by atoms with Gasteiger partial charge in [0.15, 0.2) is 0 Å². The zero-order valence-electron chi connectivity index (χ0n) is 15.6. The summed E-state index contributed by atoms with van der Waals surface area (Å²) in [5.41, 5.74) is 9.43. The Morgan fingerprint density at radius 2 is 2.04 bits per heavy atom. The van der Waals surface area contributed by atoms with Gasteiger partial charge in [0.25, 0.3) is 0 Å². The van der Waals surface area contributed by atoms with Crippen LogP contribution in [0.4, 0.5) is 0 Å². The highest BCUT2D eigenvalue weighted by atomic mass is 16.5. The van der Waals surface area contributed by atoms with Crippen molar-refractivity contribution < 1.29 is 13.9 Å². The number of carbonyl (C=O) groups is 1. The van der Waals surface area contributed by atoms with E-state index in [2.05, 4.69) is 4.90 Å². The Labute approximate surface area is 152 Å². The third kappa shape index (κ3) is 3.97. The monoisotopic (exact) mass is 358 g/mol. The van der Waals surface area contributed by atoms with Crippen LogP contribution in [0.15, 0.2) is 27.4 Å². The lowest BCUT2D eigenvalue weighted by Crippen LogP contribution is -2.37. The molecule has 0 aliphatic carbocycles. The minimum Gasteiger partial charge on any atom is -0.469 e. The molecule has 3 rings (SSSR count). The van der Waals surface area contributed by atoms with Gasteiger partial charge in [-0.15, -0.1) is 0 Å². The molecule has 1 saturated heterocycles. The Hall–Kier alpha value is -2.18. The van der Waals surface area contributed by atoms with Crippen molar-refractivity contribution in [3.05, 3.63) is 45.3 Å². The van der Waals surface area contributed by atoms with E-state index >= 15 is 0 Å². The number of rotatable bonds is 3. The summed E-state index contributed by atoms with van der Waals surface area (Å²) in [6.07, 6.45) is 1.51. The first-order valence-electron chi connectivity index (χ1n) is 8.97. The Bertz CT molecular complexity index is 874. The second-order valence-electron chi connectivity index (χ2n) is 7.30. The third-order valence-corrected chi connectivity index (χ3v) is 5.05. The summed E-state index contributed by atoms with van der Waals surface area (Å²) < 4.78 is 10.4. The molecule has 1 aromatic carbocycles. The average Bonchev–Trinajstić information content (AvgIpc) is 2.76. The zero-order chi connectivity index (χ0) is 18.8. The van der Waals surface area contributed by atoms with Crippen LogP contribution in [-0.4, -0.2) is 37.1 Å². The maximum atomic E-state index is 12.1.